The molecule has 0 saturated heterocycles. The van der Waals surface area contributed by atoms with Crippen LogP contribution in [0.5, 0.6) is 0 Å². The van der Waals surface area contributed by atoms with E-state index >= 15 is 0 Å². The molecule has 6 heteroatoms. The van der Waals surface area contributed by atoms with Gasteiger partial charge in [-0.25, -0.2) is 9.97 Å². The predicted molar refractivity (Wildman–Crippen MR) is 70.8 cm³/mol. The van der Waals surface area contributed by atoms with Crippen molar-refractivity contribution in [3.8, 4) is 11.4 Å². The lowest BCUT2D eigenvalue weighted by Gasteiger charge is -2.31. The number of rotatable bonds is 1. The van der Waals surface area contributed by atoms with Gasteiger partial charge in [0.2, 0.25) is 5.95 Å². The van der Waals surface area contributed by atoms with E-state index in [2.05, 4.69) is 28.9 Å². The van der Waals surface area contributed by atoms with Gasteiger partial charge in [0.1, 0.15) is 5.69 Å². The number of nitrogens with two attached hydrogens (primary N) is 1. The van der Waals surface area contributed by atoms with E-state index in [9.17, 15) is 4.79 Å². The molecular weight excluding hydrogens is 242 g/mol. The van der Waals surface area contributed by atoms with Gasteiger partial charge in [0.05, 0.1) is 11.4 Å². The largest absolute Gasteiger partial charge is 0.368 e. The summed E-state index contributed by atoms with van der Waals surface area (Å²) in [6.07, 6.45) is 3.33. The second kappa shape index (κ2) is 3.63. The van der Waals surface area contributed by atoms with Crippen molar-refractivity contribution < 1.29 is 4.79 Å². The standard InChI is InChI=1S/C13H15N5O/c1-13(2)4-7-5-15-12(14)16-10(7)11-9(13)8(6-19)17-18(11)3/h5-6H,4H2,1-3H3,(H2,14,15,16). The van der Waals surface area contributed by atoms with Crippen LogP contribution in [0.3, 0.4) is 0 Å². The highest BCUT2D eigenvalue weighted by Gasteiger charge is 2.37. The molecule has 0 aliphatic heterocycles. The van der Waals surface area contributed by atoms with Crippen LogP contribution in [0.4, 0.5) is 5.95 Å². The Kier molecular flexibility index (Phi) is 2.26. The molecule has 0 amide bonds. The number of carbonyl (C=O) groups excluding carboxylic acids is 1. The Morgan fingerprint density at radius 3 is 2.89 bits per heavy atom. The molecule has 0 bridgehead atoms. The van der Waals surface area contributed by atoms with Crippen molar-refractivity contribution >= 4 is 12.2 Å². The minimum Gasteiger partial charge on any atom is -0.368 e. The summed E-state index contributed by atoms with van der Waals surface area (Å²) < 4.78 is 1.70. The molecule has 2 heterocycles. The minimum absolute atomic E-state index is 0.174. The van der Waals surface area contributed by atoms with Gasteiger partial charge in [-0.2, -0.15) is 5.10 Å². The van der Waals surface area contributed by atoms with Crippen LogP contribution >= 0.6 is 0 Å². The number of aromatic nitrogens is 4. The van der Waals surface area contributed by atoms with Crippen molar-refractivity contribution in [3.05, 3.63) is 23.0 Å². The molecule has 2 N–H and O–H groups in total. The van der Waals surface area contributed by atoms with Crippen molar-refractivity contribution in [2.75, 3.05) is 5.73 Å². The number of fused-ring (bicyclic) bond motifs is 3. The lowest BCUT2D eigenvalue weighted by Crippen LogP contribution is -2.27. The Bertz CT molecular complexity index is 687. The quantitative estimate of drug-likeness (QED) is 0.773. The molecule has 0 saturated carbocycles. The van der Waals surface area contributed by atoms with E-state index in [-0.39, 0.29) is 11.4 Å². The average Bonchev–Trinajstić information content (AvgIpc) is 2.69. The summed E-state index contributed by atoms with van der Waals surface area (Å²) in [5.41, 5.74) is 9.60. The Balaban J connectivity index is 2.40. The highest BCUT2D eigenvalue weighted by molar-refractivity contribution is 5.82. The summed E-state index contributed by atoms with van der Waals surface area (Å²) in [5, 5.41) is 4.28. The third-order valence-corrected chi connectivity index (χ3v) is 3.60. The zero-order chi connectivity index (χ0) is 13.8. The van der Waals surface area contributed by atoms with E-state index in [0.29, 0.717) is 5.69 Å². The van der Waals surface area contributed by atoms with E-state index in [4.69, 9.17) is 5.73 Å². The fourth-order valence-corrected chi connectivity index (χ4v) is 2.89. The first-order valence-corrected chi connectivity index (χ1v) is 6.08. The smallest absolute Gasteiger partial charge is 0.220 e. The Hall–Kier alpha value is -2.24. The molecule has 0 unspecified atom stereocenters. The average molecular weight is 257 g/mol. The number of aryl methyl sites for hydroxylation is 1. The molecule has 2 aromatic heterocycles. The van der Waals surface area contributed by atoms with Gasteiger partial charge in [0.15, 0.2) is 6.29 Å². The maximum Gasteiger partial charge on any atom is 0.220 e. The van der Waals surface area contributed by atoms with E-state index in [0.717, 1.165) is 35.2 Å². The molecule has 0 spiro atoms. The predicted octanol–water partition coefficient (Wildman–Crippen LogP) is 1.11. The molecular formula is C13H15N5O. The molecule has 98 valence electrons. The monoisotopic (exact) mass is 257 g/mol. The van der Waals surface area contributed by atoms with Gasteiger partial charge >= 0.3 is 0 Å². The minimum atomic E-state index is -0.174. The second-order valence-corrected chi connectivity index (χ2v) is 5.51. The fraction of sp³-hybridized carbons (Fsp3) is 0.385. The second-order valence-electron chi connectivity index (χ2n) is 5.51. The highest BCUT2D eigenvalue weighted by atomic mass is 16.1. The SMILES string of the molecule is Cn1nc(C=O)c2c1-c1nc(N)ncc1CC2(C)C. The number of nitrogen functional groups attached to an aromatic ring is 1. The fourth-order valence-electron chi connectivity index (χ4n) is 2.89. The third-order valence-electron chi connectivity index (χ3n) is 3.60. The van der Waals surface area contributed by atoms with Crippen molar-refractivity contribution in [2.24, 2.45) is 7.05 Å². The van der Waals surface area contributed by atoms with Gasteiger partial charge in [-0.15, -0.1) is 0 Å². The van der Waals surface area contributed by atoms with Gasteiger partial charge in [-0.05, 0) is 17.4 Å². The highest BCUT2D eigenvalue weighted by Crippen LogP contribution is 2.43. The van der Waals surface area contributed by atoms with Crippen molar-refractivity contribution in [1.82, 2.24) is 19.7 Å². The normalized spacial score (nSPS) is 15.7. The first-order chi connectivity index (χ1) is 8.94. The van der Waals surface area contributed by atoms with E-state index < -0.39 is 0 Å². The Morgan fingerprint density at radius 1 is 1.47 bits per heavy atom. The summed E-state index contributed by atoms with van der Waals surface area (Å²) in [5.74, 6) is 0.234. The van der Waals surface area contributed by atoms with Crippen LogP contribution in [0, 0.1) is 0 Å². The summed E-state index contributed by atoms with van der Waals surface area (Å²) in [7, 11) is 1.81. The molecule has 0 radical (unpaired) electrons. The van der Waals surface area contributed by atoms with Crippen LogP contribution in [0.15, 0.2) is 6.20 Å². The number of anilines is 1. The number of aldehydes is 1. The van der Waals surface area contributed by atoms with Gasteiger partial charge in [-0.3, -0.25) is 9.48 Å². The maximum absolute atomic E-state index is 11.2. The van der Waals surface area contributed by atoms with Crippen LogP contribution in [0.1, 0.15) is 35.5 Å². The van der Waals surface area contributed by atoms with Crippen molar-refractivity contribution in [1.29, 1.82) is 0 Å². The van der Waals surface area contributed by atoms with E-state index in [1.54, 1.807) is 10.9 Å². The van der Waals surface area contributed by atoms with Crippen LogP contribution in [0.2, 0.25) is 0 Å². The van der Waals surface area contributed by atoms with Crippen molar-refractivity contribution in [2.45, 2.75) is 25.7 Å². The molecule has 19 heavy (non-hydrogen) atoms. The zero-order valence-corrected chi connectivity index (χ0v) is 11.1. The van der Waals surface area contributed by atoms with Crippen molar-refractivity contribution in [3.63, 3.8) is 0 Å². The first-order valence-electron chi connectivity index (χ1n) is 6.08. The van der Waals surface area contributed by atoms with E-state index in [1.807, 2.05) is 7.05 Å². The lowest BCUT2D eigenvalue weighted by molar-refractivity contribution is 0.111. The van der Waals surface area contributed by atoms with Crippen LogP contribution in [0.25, 0.3) is 11.4 Å². The number of hydrogen-bond acceptors (Lipinski definition) is 5. The summed E-state index contributed by atoms with van der Waals surface area (Å²) in [6.45, 7) is 4.19. The number of hydrogen-bond donors (Lipinski definition) is 1. The van der Waals surface area contributed by atoms with Crippen LogP contribution in [-0.4, -0.2) is 26.0 Å². The van der Waals surface area contributed by atoms with E-state index in [1.165, 1.54) is 0 Å². The van der Waals surface area contributed by atoms with Gasteiger partial charge in [0.25, 0.3) is 0 Å². The Labute approximate surface area is 110 Å². The molecule has 1 aliphatic rings. The third kappa shape index (κ3) is 1.56. The van der Waals surface area contributed by atoms with Gasteiger partial charge < -0.3 is 5.73 Å². The summed E-state index contributed by atoms with van der Waals surface area (Å²) >= 11 is 0. The van der Waals surface area contributed by atoms with Gasteiger partial charge in [0, 0.05) is 18.8 Å². The molecule has 6 nitrogen and oxygen atoms in total. The molecule has 1 aliphatic carbocycles. The Morgan fingerprint density at radius 2 is 2.21 bits per heavy atom. The molecule has 0 aromatic carbocycles. The van der Waals surface area contributed by atoms with Crippen LogP contribution < -0.4 is 5.73 Å². The first kappa shape index (κ1) is 11.8. The zero-order valence-electron chi connectivity index (χ0n) is 11.1. The number of carbonyl (C=O) groups is 1. The lowest BCUT2D eigenvalue weighted by atomic mass is 9.73. The molecule has 3 rings (SSSR count). The summed E-state index contributed by atoms with van der Waals surface area (Å²) in [6, 6.07) is 0. The maximum atomic E-state index is 11.2. The molecule has 0 fully saturated rings. The number of nitrogens with zero attached hydrogens (tertiary/aromatic N) is 4. The van der Waals surface area contributed by atoms with Gasteiger partial charge in [-0.1, -0.05) is 13.8 Å². The van der Waals surface area contributed by atoms with Crippen LogP contribution in [-0.2, 0) is 18.9 Å². The summed E-state index contributed by atoms with van der Waals surface area (Å²) in [4.78, 5) is 19.6. The topological polar surface area (TPSA) is 86.7 Å². The molecule has 0 atom stereocenters. The molecule has 2 aromatic rings.